The van der Waals surface area contributed by atoms with Gasteiger partial charge in [0.25, 0.3) is 0 Å². The summed E-state index contributed by atoms with van der Waals surface area (Å²) in [5.74, 6) is 0. The molecule has 0 fully saturated rings. The third-order valence-corrected chi connectivity index (χ3v) is 4.25. The van der Waals surface area contributed by atoms with Crippen molar-refractivity contribution < 1.29 is 0 Å². The van der Waals surface area contributed by atoms with Gasteiger partial charge in [0.15, 0.2) is 0 Å². The topological polar surface area (TPSA) is 74.0 Å². The number of rotatable bonds is 3. The second-order valence-electron chi connectivity index (χ2n) is 5.89. The van der Waals surface area contributed by atoms with Crippen molar-refractivity contribution in [3.63, 3.8) is 0 Å². The average molecular weight is 318 g/mol. The first kappa shape index (κ1) is 14.6. The molecule has 0 unspecified atom stereocenters. The zero-order chi connectivity index (χ0) is 16.7. The third kappa shape index (κ3) is 2.37. The summed E-state index contributed by atoms with van der Waals surface area (Å²) in [4.78, 5) is 4.50. The number of fused-ring (bicyclic) bond motifs is 1. The zero-order valence-electron chi connectivity index (χ0n) is 13.6. The van der Waals surface area contributed by atoms with E-state index in [-0.39, 0.29) is 0 Å². The van der Waals surface area contributed by atoms with Crippen molar-refractivity contribution in [2.24, 2.45) is 12.8 Å². The van der Waals surface area contributed by atoms with Crippen LogP contribution >= 0.6 is 0 Å². The summed E-state index contributed by atoms with van der Waals surface area (Å²) in [7, 11) is 1.91. The van der Waals surface area contributed by atoms with Crippen LogP contribution in [0.25, 0.3) is 28.0 Å². The maximum absolute atomic E-state index is 5.76. The molecular formula is C18H18N6. The highest BCUT2D eigenvalue weighted by Gasteiger charge is 2.12. The molecule has 3 heterocycles. The number of aromatic nitrogens is 5. The summed E-state index contributed by atoms with van der Waals surface area (Å²) in [6.07, 6.45) is 5.49. The highest BCUT2D eigenvalue weighted by atomic mass is 15.3. The first-order chi connectivity index (χ1) is 11.7. The minimum Gasteiger partial charge on any atom is -0.326 e. The number of nitrogens with zero attached hydrogens (tertiary/aromatic N) is 5. The minimum atomic E-state index is 0.542. The zero-order valence-corrected chi connectivity index (χ0v) is 13.6. The number of hydrogen-bond donors (Lipinski definition) is 1. The molecule has 120 valence electrons. The van der Waals surface area contributed by atoms with Crippen LogP contribution in [-0.2, 0) is 13.6 Å². The molecule has 0 spiro atoms. The third-order valence-electron chi connectivity index (χ3n) is 4.25. The fourth-order valence-electron chi connectivity index (χ4n) is 2.93. The van der Waals surface area contributed by atoms with E-state index in [0.717, 1.165) is 33.6 Å². The van der Waals surface area contributed by atoms with E-state index >= 15 is 0 Å². The van der Waals surface area contributed by atoms with E-state index < -0.39 is 0 Å². The number of hydrogen-bond acceptors (Lipinski definition) is 4. The molecule has 6 heteroatoms. The van der Waals surface area contributed by atoms with Crippen LogP contribution in [0.4, 0.5) is 0 Å². The Kier molecular flexibility index (Phi) is 3.39. The van der Waals surface area contributed by atoms with E-state index in [1.54, 1.807) is 11.0 Å². The van der Waals surface area contributed by atoms with Gasteiger partial charge in [0, 0.05) is 37.1 Å². The summed E-state index contributed by atoms with van der Waals surface area (Å²) >= 11 is 0. The molecule has 0 saturated carbocycles. The molecule has 0 radical (unpaired) electrons. The number of nitrogens with two attached hydrogens (primary N) is 1. The molecule has 4 rings (SSSR count). The molecule has 0 atom stereocenters. The molecule has 1 aromatic carbocycles. The molecular weight excluding hydrogens is 300 g/mol. The Hall–Kier alpha value is -2.99. The van der Waals surface area contributed by atoms with E-state index in [9.17, 15) is 0 Å². The molecule has 6 nitrogen and oxygen atoms in total. The Morgan fingerprint density at radius 3 is 2.71 bits per heavy atom. The molecule has 0 aliphatic carbocycles. The maximum Gasteiger partial charge on any atom is 0.137 e. The van der Waals surface area contributed by atoms with Gasteiger partial charge in [-0.1, -0.05) is 12.1 Å². The van der Waals surface area contributed by atoms with Crippen LogP contribution in [0.15, 0.2) is 49.1 Å². The predicted octanol–water partition coefficient (Wildman–Crippen LogP) is 2.56. The highest BCUT2D eigenvalue weighted by molar-refractivity contribution is 5.81. The largest absolute Gasteiger partial charge is 0.326 e. The van der Waals surface area contributed by atoms with E-state index in [1.165, 1.54) is 5.56 Å². The van der Waals surface area contributed by atoms with Crippen LogP contribution < -0.4 is 5.73 Å². The maximum atomic E-state index is 5.76. The van der Waals surface area contributed by atoms with Gasteiger partial charge in [-0.3, -0.25) is 4.68 Å². The van der Waals surface area contributed by atoms with Crippen molar-refractivity contribution in [1.29, 1.82) is 0 Å². The normalized spacial score (nSPS) is 11.3. The van der Waals surface area contributed by atoms with Crippen LogP contribution in [-0.4, -0.2) is 24.4 Å². The second-order valence-corrected chi connectivity index (χ2v) is 5.89. The van der Waals surface area contributed by atoms with E-state index in [2.05, 4.69) is 46.4 Å². The first-order valence-corrected chi connectivity index (χ1v) is 7.79. The molecule has 0 aliphatic heterocycles. The Bertz CT molecular complexity index is 1030. The molecule has 0 bridgehead atoms. The van der Waals surface area contributed by atoms with Crippen LogP contribution in [0.1, 0.15) is 11.1 Å². The standard InChI is InChI=1S/C18H18N6/c1-12-7-13(3-4-14(12)9-19)18-17-8-15(10-24(17)21-11-20-18)16-5-6-23(2)22-16/h3-8,10-11H,9,19H2,1-2H3. The fourth-order valence-corrected chi connectivity index (χ4v) is 2.93. The van der Waals surface area contributed by atoms with Gasteiger partial charge in [-0.2, -0.15) is 10.2 Å². The second kappa shape index (κ2) is 5.58. The summed E-state index contributed by atoms with van der Waals surface area (Å²) < 4.78 is 3.64. The molecule has 0 saturated heterocycles. The quantitative estimate of drug-likeness (QED) is 0.630. The van der Waals surface area contributed by atoms with Crippen molar-refractivity contribution >= 4 is 5.52 Å². The van der Waals surface area contributed by atoms with Crippen LogP contribution in [0.2, 0.25) is 0 Å². The molecule has 3 aromatic heterocycles. The molecule has 0 amide bonds. The molecule has 0 aliphatic rings. The van der Waals surface area contributed by atoms with Gasteiger partial charge in [-0.15, -0.1) is 0 Å². The Labute approximate surface area is 139 Å². The monoisotopic (exact) mass is 318 g/mol. The Morgan fingerprint density at radius 2 is 2.00 bits per heavy atom. The van der Waals surface area contributed by atoms with E-state index in [1.807, 2.05) is 30.0 Å². The Morgan fingerprint density at radius 1 is 1.12 bits per heavy atom. The lowest BCUT2D eigenvalue weighted by molar-refractivity contribution is 0.771. The van der Waals surface area contributed by atoms with Gasteiger partial charge >= 0.3 is 0 Å². The number of benzene rings is 1. The van der Waals surface area contributed by atoms with Crippen LogP contribution in [0.5, 0.6) is 0 Å². The van der Waals surface area contributed by atoms with Crippen molar-refractivity contribution in [1.82, 2.24) is 24.4 Å². The summed E-state index contributed by atoms with van der Waals surface area (Å²) in [5, 5.41) is 8.78. The lowest BCUT2D eigenvalue weighted by Crippen LogP contribution is -2.00. The lowest BCUT2D eigenvalue weighted by Gasteiger charge is -2.07. The van der Waals surface area contributed by atoms with Crippen LogP contribution in [0, 0.1) is 6.92 Å². The van der Waals surface area contributed by atoms with Gasteiger partial charge in [0.05, 0.1) is 16.9 Å². The fraction of sp³-hybridized carbons (Fsp3) is 0.167. The van der Waals surface area contributed by atoms with Gasteiger partial charge in [0.1, 0.15) is 6.33 Å². The predicted molar refractivity (Wildman–Crippen MR) is 93.3 cm³/mol. The van der Waals surface area contributed by atoms with Crippen molar-refractivity contribution in [3.8, 4) is 22.5 Å². The van der Waals surface area contributed by atoms with Crippen molar-refractivity contribution in [3.05, 3.63) is 60.2 Å². The van der Waals surface area contributed by atoms with Crippen LogP contribution in [0.3, 0.4) is 0 Å². The molecule has 24 heavy (non-hydrogen) atoms. The summed E-state index contributed by atoms with van der Waals surface area (Å²) in [6, 6.07) is 10.3. The highest BCUT2D eigenvalue weighted by Crippen LogP contribution is 2.28. The van der Waals surface area contributed by atoms with Crippen molar-refractivity contribution in [2.45, 2.75) is 13.5 Å². The molecule has 2 N–H and O–H groups in total. The first-order valence-electron chi connectivity index (χ1n) is 7.79. The van der Waals surface area contributed by atoms with Crippen molar-refractivity contribution in [2.75, 3.05) is 0 Å². The van der Waals surface area contributed by atoms with Gasteiger partial charge < -0.3 is 5.73 Å². The van der Waals surface area contributed by atoms with Gasteiger partial charge in [0.2, 0.25) is 0 Å². The average Bonchev–Trinajstić information content (AvgIpc) is 3.20. The SMILES string of the molecule is Cc1cc(-c2ncnn3cc(-c4ccn(C)n4)cc23)ccc1CN. The van der Waals surface area contributed by atoms with E-state index in [0.29, 0.717) is 6.54 Å². The minimum absolute atomic E-state index is 0.542. The smallest absolute Gasteiger partial charge is 0.137 e. The number of aryl methyl sites for hydroxylation is 2. The Balaban J connectivity index is 1.87. The lowest BCUT2D eigenvalue weighted by atomic mass is 10.0. The van der Waals surface area contributed by atoms with Gasteiger partial charge in [-0.05, 0) is 36.2 Å². The molecule has 4 aromatic rings. The summed E-state index contributed by atoms with van der Waals surface area (Å²) in [5.41, 5.74) is 12.9. The van der Waals surface area contributed by atoms with E-state index in [4.69, 9.17) is 5.73 Å². The summed E-state index contributed by atoms with van der Waals surface area (Å²) in [6.45, 7) is 2.61. The van der Waals surface area contributed by atoms with Gasteiger partial charge in [-0.25, -0.2) is 9.50 Å².